The third kappa shape index (κ3) is 7.04. The second-order valence-electron chi connectivity index (χ2n) is 6.17. The van der Waals surface area contributed by atoms with Crippen LogP contribution in [0.15, 0.2) is 39.3 Å². The van der Waals surface area contributed by atoms with Crippen molar-refractivity contribution in [3.63, 3.8) is 0 Å². The number of aliphatic carboxylic acids is 1. The van der Waals surface area contributed by atoms with Crippen LogP contribution in [0.25, 0.3) is 0 Å². The van der Waals surface area contributed by atoms with Crippen molar-refractivity contribution in [1.82, 2.24) is 0 Å². The van der Waals surface area contributed by atoms with E-state index in [0.717, 1.165) is 17.7 Å². The Bertz CT molecular complexity index is 909. The van der Waals surface area contributed by atoms with Gasteiger partial charge in [-0.15, -0.1) is 0 Å². The van der Waals surface area contributed by atoms with Crippen LogP contribution in [0.2, 0.25) is 0 Å². The minimum Gasteiger partial charge on any atom is -0.487 e. The van der Waals surface area contributed by atoms with Gasteiger partial charge in [0.2, 0.25) is 5.91 Å². The summed E-state index contributed by atoms with van der Waals surface area (Å²) in [5.41, 5.74) is 0.0976. The minimum absolute atomic E-state index is 0.0214. The number of benzene rings is 2. The second-order valence-corrected chi connectivity index (χ2v) is 7.88. The normalized spacial score (nSPS) is 11.2. The molecule has 2 N–H and O–H groups in total. The van der Waals surface area contributed by atoms with Crippen molar-refractivity contribution >= 4 is 49.4 Å². The maximum Gasteiger partial charge on any atom is 0.416 e. The van der Waals surface area contributed by atoms with Crippen LogP contribution in [-0.4, -0.2) is 17.0 Å². The molecule has 0 spiro atoms. The average Bonchev–Trinajstić information content (AvgIpc) is 2.57. The van der Waals surface area contributed by atoms with Crippen LogP contribution in [0.3, 0.4) is 0 Å². The van der Waals surface area contributed by atoms with E-state index >= 15 is 0 Å². The number of aryl methyl sites for hydroxylation is 1. The molecule has 2 rings (SSSR count). The van der Waals surface area contributed by atoms with Gasteiger partial charge in [0.05, 0.1) is 14.5 Å². The third-order valence-corrected chi connectivity index (χ3v) is 4.89. The van der Waals surface area contributed by atoms with Gasteiger partial charge < -0.3 is 15.2 Å². The topological polar surface area (TPSA) is 75.6 Å². The number of carbonyl (C=O) groups excluding carboxylic acids is 1. The third-order valence-electron chi connectivity index (χ3n) is 3.71. The summed E-state index contributed by atoms with van der Waals surface area (Å²) >= 11 is 6.67. The van der Waals surface area contributed by atoms with Crippen LogP contribution in [0.4, 0.5) is 18.9 Å². The van der Waals surface area contributed by atoms with Gasteiger partial charge in [0.25, 0.3) is 0 Å². The van der Waals surface area contributed by atoms with Crippen molar-refractivity contribution in [3.05, 3.63) is 56.0 Å². The molecule has 0 aliphatic carbocycles. The number of ether oxygens (including phenoxy) is 1. The van der Waals surface area contributed by atoms with Crippen LogP contribution in [0.1, 0.15) is 30.0 Å². The first-order chi connectivity index (χ1) is 13.5. The highest BCUT2D eigenvalue weighted by molar-refractivity contribution is 9.11. The number of hydrogen-bond acceptors (Lipinski definition) is 3. The summed E-state index contributed by atoms with van der Waals surface area (Å²) in [5, 5.41) is 11.1. The molecule has 0 unspecified atom stereocenters. The zero-order valence-electron chi connectivity index (χ0n) is 15.1. The number of alkyl halides is 3. The van der Waals surface area contributed by atoms with Crippen molar-refractivity contribution < 1.29 is 32.6 Å². The zero-order valence-corrected chi connectivity index (χ0v) is 18.2. The van der Waals surface area contributed by atoms with Gasteiger partial charge in [-0.2, -0.15) is 13.2 Å². The highest BCUT2D eigenvalue weighted by Gasteiger charge is 2.31. The summed E-state index contributed by atoms with van der Waals surface area (Å²) in [7, 11) is 0. The SMILES string of the molecule is CC(=O)Nc1cc(COc2c(Br)cc(CCC(=O)O)cc2Br)cc(C(F)(F)F)c1. The molecular formula is C19H16Br2F3NO4. The molecule has 156 valence electrons. The molecule has 29 heavy (non-hydrogen) atoms. The fraction of sp³-hybridized carbons (Fsp3) is 0.263. The van der Waals surface area contributed by atoms with E-state index in [1.54, 1.807) is 12.1 Å². The van der Waals surface area contributed by atoms with Crippen molar-refractivity contribution in [3.8, 4) is 5.75 Å². The number of carbonyl (C=O) groups is 2. The van der Waals surface area contributed by atoms with Crippen LogP contribution < -0.4 is 10.1 Å². The lowest BCUT2D eigenvalue weighted by Gasteiger charge is -2.15. The molecule has 0 bridgehead atoms. The van der Waals surface area contributed by atoms with Crippen molar-refractivity contribution in [1.29, 1.82) is 0 Å². The lowest BCUT2D eigenvalue weighted by atomic mass is 10.1. The van der Waals surface area contributed by atoms with Crippen molar-refractivity contribution in [2.75, 3.05) is 5.32 Å². The maximum absolute atomic E-state index is 13.1. The Morgan fingerprint density at radius 3 is 2.21 bits per heavy atom. The Kier molecular flexibility index (Phi) is 7.70. The first-order valence-electron chi connectivity index (χ1n) is 8.27. The van der Waals surface area contributed by atoms with Crippen molar-refractivity contribution in [2.24, 2.45) is 0 Å². The number of amides is 1. The number of hydrogen-bond donors (Lipinski definition) is 2. The standard InChI is InChI=1S/C19H16Br2F3NO4/c1-10(26)25-14-5-12(4-13(8-14)19(22,23)24)9-29-18-15(20)6-11(7-16(18)21)2-3-17(27)28/h4-8H,2-3,9H2,1H3,(H,25,26)(H,27,28). The molecule has 0 aliphatic heterocycles. The average molecular weight is 539 g/mol. The van der Waals surface area contributed by atoms with E-state index in [1.165, 1.54) is 13.0 Å². The van der Waals surface area contributed by atoms with Gasteiger partial charge in [-0.3, -0.25) is 9.59 Å². The summed E-state index contributed by atoms with van der Waals surface area (Å²) in [4.78, 5) is 21.9. The summed E-state index contributed by atoms with van der Waals surface area (Å²) in [5.74, 6) is -1.04. The van der Waals surface area contributed by atoms with E-state index in [9.17, 15) is 22.8 Å². The van der Waals surface area contributed by atoms with Crippen LogP contribution in [0, 0.1) is 0 Å². The minimum atomic E-state index is -4.57. The summed E-state index contributed by atoms with van der Waals surface area (Å²) in [6, 6.07) is 6.60. The van der Waals surface area contributed by atoms with Gasteiger partial charge in [0.15, 0.2) is 0 Å². The molecule has 0 atom stereocenters. The largest absolute Gasteiger partial charge is 0.487 e. The van der Waals surface area contributed by atoms with Crippen LogP contribution >= 0.6 is 31.9 Å². The van der Waals surface area contributed by atoms with E-state index in [-0.39, 0.29) is 24.3 Å². The molecule has 0 saturated carbocycles. The first-order valence-corrected chi connectivity index (χ1v) is 9.85. The molecule has 0 aliphatic rings. The van der Waals surface area contributed by atoms with E-state index < -0.39 is 23.6 Å². The van der Waals surface area contributed by atoms with Crippen LogP contribution in [0.5, 0.6) is 5.75 Å². The Morgan fingerprint density at radius 2 is 1.69 bits per heavy atom. The van der Waals surface area contributed by atoms with E-state index in [4.69, 9.17) is 9.84 Å². The highest BCUT2D eigenvalue weighted by atomic mass is 79.9. The molecule has 0 radical (unpaired) electrons. The van der Waals surface area contributed by atoms with E-state index in [0.29, 0.717) is 21.1 Å². The van der Waals surface area contributed by atoms with Gasteiger partial charge >= 0.3 is 12.1 Å². The molecule has 1 amide bonds. The van der Waals surface area contributed by atoms with Gasteiger partial charge in [0, 0.05) is 19.0 Å². The Labute approximate surface area is 181 Å². The molecule has 0 aromatic heterocycles. The fourth-order valence-corrected chi connectivity index (χ4v) is 4.03. The Hall–Kier alpha value is -2.07. The molecule has 2 aromatic carbocycles. The first kappa shape index (κ1) is 23.2. The lowest BCUT2D eigenvalue weighted by Crippen LogP contribution is -2.11. The van der Waals surface area contributed by atoms with Gasteiger partial charge in [-0.1, -0.05) is 0 Å². The Morgan fingerprint density at radius 1 is 1.07 bits per heavy atom. The van der Waals surface area contributed by atoms with Gasteiger partial charge in [-0.05, 0) is 79.7 Å². The number of nitrogens with one attached hydrogen (secondary N) is 1. The molecule has 5 nitrogen and oxygen atoms in total. The predicted octanol–water partition coefficient (Wildman–Crippen LogP) is 5.79. The van der Waals surface area contributed by atoms with Gasteiger partial charge in [0.1, 0.15) is 12.4 Å². The van der Waals surface area contributed by atoms with Gasteiger partial charge in [-0.25, -0.2) is 0 Å². The predicted molar refractivity (Wildman–Crippen MR) is 108 cm³/mol. The van der Waals surface area contributed by atoms with Crippen molar-refractivity contribution in [2.45, 2.75) is 32.5 Å². The number of halogens is 5. The molecular weight excluding hydrogens is 523 g/mol. The monoisotopic (exact) mass is 537 g/mol. The molecule has 2 aromatic rings. The number of anilines is 1. The maximum atomic E-state index is 13.1. The molecule has 0 fully saturated rings. The summed E-state index contributed by atoms with van der Waals surface area (Å²) in [6.45, 7) is 1.03. The van der Waals surface area contributed by atoms with E-state index in [1.807, 2.05) is 0 Å². The summed E-state index contributed by atoms with van der Waals surface area (Å²) in [6.07, 6.45) is -4.29. The zero-order chi connectivity index (χ0) is 21.8. The summed E-state index contributed by atoms with van der Waals surface area (Å²) < 4.78 is 46.2. The molecule has 0 heterocycles. The lowest BCUT2D eigenvalue weighted by molar-refractivity contribution is -0.138. The second kappa shape index (κ2) is 9.62. The van der Waals surface area contributed by atoms with E-state index in [2.05, 4.69) is 37.2 Å². The fourth-order valence-electron chi connectivity index (χ4n) is 2.52. The number of carboxylic acid groups (broad SMARTS) is 1. The number of rotatable bonds is 7. The Balaban J connectivity index is 2.24. The smallest absolute Gasteiger partial charge is 0.416 e. The highest BCUT2D eigenvalue weighted by Crippen LogP contribution is 2.37. The molecule has 10 heteroatoms. The van der Waals surface area contributed by atoms with Crippen LogP contribution in [-0.2, 0) is 28.8 Å². The molecule has 0 saturated heterocycles. The quantitative estimate of drug-likeness (QED) is 0.468. The number of carboxylic acids is 1.